The summed E-state index contributed by atoms with van der Waals surface area (Å²) in [7, 11) is 0. The van der Waals surface area contributed by atoms with Gasteiger partial charge in [0.05, 0.1) is 0 Å². The topological polar surface area (TPSA) is 22.1 Å². The second-order valence-electron chi connectivity index (χ2n) is 8.81. The molecule has 0 unspecified atom stereocenters. The summed E-state index contributed by atoms with van der Waals surface area (Å²) in [6.45, 7) is 21.0. The fourth-order valence-electron chi connectivity index (χ4n) is 4.62. The number of hydrogen-bond donors (Lipinski definition) is 0. The predicted octanol–water partition coefficient (Wildman–Crippen LogP) is 4.29. The molecule has 0 aromatic heterocycles. The van der Waals surface area contributed by atoms with Crippen molar-refractivity contribution >= 4 is 6.72 Å². The molecule has 3 rings (SSSR count). The molecule has 0 aliphatic carbocycles. The average molecular weight is 407 g/mol. The first-order valence-electron chi connectivity index (χ1n) is 11.3. The van der Waals surface area contributed by atoms with Gasteiger partial charge < -0.3 is 0 Å². The minimum atomic E-state index is 0.757. The molecule has 2 aliphatic heterocycles. The Hall–Kier alpha value is -2.01. The number of aliphatic imine (C=N–C) groups is 1. The number of aryl methyl sites for hydroxylation is 1. The van der Waals surface area contributed by atoms with E-state index in [1.165, 1.54) is 55.7 Å². The van der Waals surface area contributed by atoms with Crippen LogP contribution in [0.1, 0.15) is 30.9 Å². The molecule has 2 aliphatic rings. The van der Waals surface area contributed by atoms with Crippen LogP contribution in [0.2, 0.25) is 0 Å². The fourth-order valence-corrected chi connectivity index (χ4v) is 4.62. The molecule has 4 heteroatoms. The lowest BCUT2D eigenvalue weighted by Gasteiger charge is -2.43. The normalized spacial score (nSPS) is 21.0. The van der Waals surface area contributed by atoms with Crippen LogP contribution in [0.5, 0.6) is 0 Å². The van der Waals surface area contributed by atoms with E-state index in [-0.39, 0.29) is 0 Å². The summed E-state index contributed by atoms with van der Waals surface area (Å²) in [6, 6.07) is 9.76. The van der Waals surface area contributed by atoms with E-state index in [9.17, 15) is 0 Å². The molecule has 4 nitrogen and oxygen atoms in total. The lowest BCUT2D eigenvalue weighted by atomic mass is 10.0. The van der Waals surface area contributed by atoms with Gasteiger partial charge in [0.15, 0.2) is 0 Å². The van der Waals surface area contributed by atoms with Gasteiger partial charge in [0.2, 0.25) is 0 Å². The van der Waals surface area contributed by atoms with E-state index >= 15 is 0 Å². The lowest BCUT2D eigenvalue weighted by Crippen LogP contribution is -2.53. The Morgan fingerprint density at radius 1 is 1.03 bits per heavy atom. The van der Waals surface area contributed by atoms with Crippen LogP contribution in [0, 0.1) is 6.92 Å². The molecule has 30 heavy (non-hydrogen) atoms. The van der Waals surface area contributed by atoms with Crippen LogP contribution in [0.25, 0.3) is 0 Å². The predicted molar refractivity (Wildman–Crippen MR) is 129 cm³/mol. The summed E-state index contributed by atoms with van der Waals surface area (Å²) in [6.07, 6.45) is 8.36. The Kier molecular flexibility index (Phi) is 8.61. The Bertz CT molecular complexity index is 746. The van der Waals surface area contributed by atoms with Crippen LogP contribution in [-0.2, 0) is 6.54 Å². The van der Waals surface area contributed by atoms with Crippen molar-refractivity contribution in [2.45, 2.75) is 39.3 Å². The van der Waals surface area contributed by atoms with Crippen LogP contribution < -0.4 is 0 Å². The van der Waals surface area contributed by atoms with Crippen LogP contribution in [0.15, 0.2) is 65.3 Å². The van der Waals surface area contributed by atoms with Gasteiger partial charge in [0.1, 0.15) is 0 Å². The third-order valence-electron chi connectivity index (χ3n) is 6.37. The lowest BCUT2D eigenvalue weighted by molar-refractivity contribution is 0.0606. The fraction of sp³-hybridized carbons (Fsp3) is 0.500. The van der Waals surface area contributed by atoms with Crippen LogP contribution in [0.4, 0.5) is 0 Å². The van der Waals surface area contributed by atoms with E-state index in [4.69, 9.17) is 0 Å². The van der Waals surface area contributed by atoms with Gasteiger partial charge in [-0.15, -0.1) is 0 Å². The van der Waals surface area contributed by atoms with Crippen LogP contribution >= 0.6 is 0 Å². The zero-order chi connectivity index (χ0) is 21.3. The van der Waals surface area contributed by atoms with Crippen LogP contribution in [0.3, 0.4) is 0 Å². The number of hydrogen-bond acceptors (Lipinski definition) is 4. The molecule has 2 fully saturated rings. The van der Waals surface area contributed by atoms with E-state index in [1.54, 1.807) is 6.20 Å². The number of benzene rings is 1. The van der Waals surface area contributed by atoms with E-state index in [2.05, 4.69) is 77.2 Å². The molecule has 0 saturated carbocycles. The molecule has 0 N–H and O–H groups in total. The summed E-state index contributed by atoms with van der Waals surface area (Å²) in [5, 5.41) is 0. The highest BCUT2D eigenvalue weighted by Gasteiger charge is 2.27. The van der Waals surface area contributed by atoms with Crippen molar-refractivity contribution < 1.29 is 0 Å². The van der Waals surface area contributed by atoms with Crippen molar-refractivity contribution in [2.75, 3.05) is 45.8 Å². The van der Waals surface area contributed by atoms with Crippen molar-refractivity contribution in [2.24, 2.45) is 4.99 Å². The van der Waals surface area contributed by atoms with Gasteiger partial charge in [0.25, 0.3) is 0 Å². The molecule has 2 heterocycles. The van der Waals surface area contributed by atoms with Gasteiger partial charge in [0, 0.05) is 51.5 Å². The highest BCUT2D eigenvalue weighted by Crippen LogP contribution is 2.20. The van der Waals surface area contributed by atoms with E-state index < -0.39 is 0 Å². The molecule has 0 bridgehead atoms. The number of piperazine rings is 1. The molecule has 1 aromatic carbocycles. The average Bonchev–Trinajstić information content (AvgIpc) is 2.76. The van der Waals surface area contributed by atoms with Crippen LogP contribution in [-0.4, -0.2) is 73.3 Å². The van der Waals surface area contributed by atoms with Gasteiger partial charge >= 0.3 is 0 Å². The third kappa shape index (κ3) is 6.76. The Morgan fingerprint density at radius 3 is 2.30 bits per heavy atom. The number of piperidine rings is 1. The zero-order valence-electron chi connectivity index (χ0n) is 18.9. The van der Waals surface area contributed by atoms with Gasteiger partial charge in [-0.05, 0) is 57.6 Å². The molecule has 0 radical (unpaired) electrons. The maximum atomic E-state index is 3.85. The molecular formula is C26H38N4. The first-order chi connectivity index (χ1) is 14.6. The number of likely N-dealkylation sites (tertiary alicyclic amines) is 1. The first kappa shape index (κ1) is 22.7. The molecule has 0 spiro atoms. The second-order valence-corrected chi connectivity index (χ2v) is 8.81. The Labute approximate surface area is 183 Å². The highest BCUT2D eigenvalue weighted by atomic mass is 15.3. The van der Waals surface area contributed by atoms with Gasteiger partial charge in [-0.25, -0.2) is 0 Å². The van der Waals surface area contributed by atoms with Gasteiger partial charge in [-0.3, -0.25) is 19.7 Å². The van der Waals surface area contributed by atoms with E-state index in [0.29, 0.717) is 0 Å². The standard InChI is InChI=1S/C26H38N4/c1-5-24(19-27-4)18-23(3)20-29-14-16-30(17-15-29)26-10-12-28(13-11-26)21-25-8-6-22(2)7-9-25/h5-9,18-19,26H,1,4,10-17,20-21H2,2-3H3/b23-18-,24-19-. The van der Waals surface area contributed by atoms with E-state index in [0.717, 1.165) is 37.8 Å². The zero-order valence-corrected chi connectivity index (χ0v) is 18.9. The minimum absolute atomic E-state index is 0.757. The molecule has 0 amide bonds. The number of nitrogens with zero attached hydrogens (tertiary/aromatic N) is 4. The van der Waals surface area contributed by atoms with Crippen molar-refractivity contribution in [1.82, 2.24) is 14.7 Å². The van der Waals surface area contributed by atoms with Crippen molar-refractivity contribution in [3.05, 3.63) is 71.5 Å². The Balaban J connectivity index is 1.40. The molecule has 1 aromatic rings. The summed E-state index contributed by atoms with van der Waals surface area (Å²) in [5.74, 6) is 0. The summed E-state index contributed by atoms with van der Waals surface area (Å²) >= 11 is 0. The quantitative estimate of drug-likeness (QED) is 0.475. The summed E-state index contributed by atoms with van der Waals surface area (Å²) in [4.78, 5) is 11.8. The minimum Gasteiger partial charge on any atom is -0.299 e. The monoisotopic (exact) mass is 406 g/mol. The highest BCUT2D eigenvalue weighted by molar-refractivity contribution is 5.35. The maximum Gasteiger partial charge on any atom is 0.0332 e. The maximum absolute atomic E-state index is 3.85. The molecule has 2 saturated heterocycles. The van der Waals surface area contributed by atoms with Gasteiger partial charge in [-0.2, -0.15) is 0 Å². The first-order valence-corrected chi connectivity index (χ1v) is 11.3. The van der Waals surface area contributed by atoms with Gasteiger partial charge in [-0.1, -0.05) is 54.1 Å². The molecule has 0 atom stereocenters. The summed E-state index contributed by atoms with van der Waals surface area (Å²) < 4.78 is 0. The Morgan fingerprint density at radius 2 is 1.70 bits per heavy atom. The SMILES string of the molecule is C=CC(=C/N=C)/C=C(/C)CN1CCN(C2CCN(Cc3ccc(C)cc3)CC2)CC1. The third-order valence-corrected chi connectivity index (χ3v) is 6.37. The molecule has 162 valence electrons. The van der Waals surface area contributed by atoms with Crippen molar-refractivity contribution in [3.63, 3.8) is 0 Å². The number of allylic oxidation sites excluding steroid dienone is 3. The number of rotatable bonds is 8. The van der Waals surface area contributed by atoms with Crippen molar-refractivity contribution in [3.8, 4) is 0 Å². The molecular weight excluding hydrogens is 368 g/mol. The second kappa shape index (κ2) is 11.4. The van der Waals surface area contributed by atoms with Crippen molar-refractivity contribution in [1.29, 1.82) is 0 Å². The largest absolute Gasteiger partial charge is 0.299 e. The summed E-state index contributed by atoms with van der Waals surface area (Å²) in [5.41, 5.74) is 5.16. The van der Waals surface area contributed by atoms with E-state index in [1.807, 2.05) is 6.08 Å². The smallest absolute Gasteiger partial charge is 0.0332 e.